The molecule has 0 unspecified atom stereocenters. The van der Waals surface area contributed by atoms with Crippen LogP contribution >= 0.6 is 0 Å². The summed E-state index contributed by atoms with van der Waals surface area (Å²) in [5.41, 5.74) is 0. The maximum absolute atomic E-state index is 12.2. The maximum Gasteiger partial charge on any atom is 0.224 e. The number of hydrogen-bond donors (Lipinski definition) is 1. The average Bonchev–Trinajstić information content (AvgIpc) is 2.93. The molecule has 2 heterocycles. The van der Waals surface area contributed by atoms with Crippen LogP contribution in [-0.4, -0.2) is 53.2 Å². The molecule has 0 radical (unpaired) electrons. The average molecular weight is 294 g/mol. The van der Waals surface area contributed by atoms with Gasteiger partial charge >= 0.3 is 0 Å². The minimum atomic E-state index is -0.0160. The Kier molecular flexibility index (Phi) is 6.20. The van der Waals surface area contributed by atoms with Gasteiger partial charge in [0.25, 0.3) is 0 Å². The van der Waals surface area contributed by atoms with E-state index < -0.39 is 0 Å². The molecule has 0 bridgehead atoms. The highest BCUT2D eigenvalue weighted by atomic mass is 16.5. The van der Waals surface area contributed by atoms with Gasteiger partial charge in [0.1, 0.15) is 5.82 Å². The Labute approximate surface area is 126 Å². The van der Waals surface area contributed by atoms with Gasteiger partial charge in [-0.3, -0.25) is 9.69 Å². The summed E-state index contributed by atoms with van der Waals surface area (Å²) in [4.78, 5) is 18.8. The van der Waals surface area contributed by atoms with Crippen molar-refractivity contribution in [2.75, 3.05) is 32.8 Å². The largest absolute Gasteiger partial charge is 0.379 e. The highest BCUT2D eigenvalue weighted by Crippen LogP contribution is 2.05. The number of imidazole rings is 1. The third-order valence-corrected chi connectivity index (χ3v) is 3.77. The van der Waals surface area contributed by atoms with Crippen molar-refractivity contribution in [2.45, 2.75) is 33.4 Å². The second-order valence-corrected chi connectivity index (χ2v) is 5.57. The van der Waals surface area contributed by atoms with Gasteiger partial charge in [-0.05, 0) is 6.42 Å². The summed E-state index contributed by atoms with van der Waals surface area (Å²) in [6.07, 6.45) is 4.81. The van der Waals surface area contributed by atoms with E-state index in [4.69, 9.17) is 4.74 Å². The van der Waals surface area contributed by atoms with Gasteiger partial charge in [-0.2, -0.15) is 0 Å². The van der Waals surface area contributed by atoms with E-state index in [0.717, 1.165) is 51.6 Å². The van der Waals surface area contributed by atoms with Gasteiger partial charge in [0, 0.05) is 44.5 Å². The summed E-state index contributed by atoms with van der Waals surface area (Å²) in [6.45, 7) is 9.70. The summed E-state index contributed by atoms with van der Waals surface area (Å²) < 4.78 is 7.41. The molecule has 1 amide bonds. The standard InChI is InChI=1S/C15H26N4O2/c1-3-5-19-6-4-16-14(19)11-17-15(20)13(2)12-18-7-9-21-10-8-18/h4,6,13H,3,5,7-12H2,1-2H3,(H,17,20)/t13-/m0/s1. The summed E-state index contributed by atoms with van der Waals surface area (Å²) in [7, 11) is 0. The number of carbonyl (C=O) groups excluding carboxylic acids is 1. The molecule has 118 valence electrons. The van der Waals surface area contributed by atoms with Gasteiger partial charge in [0.2, 0.25) is 5.91 Å². The number of aromatic nitrogens is 2. The van der Waals surface area contributed by atoms with Crippen LogP contribution < -0.4 is 5.32 Å². The molecule has 1 aliphatic heterocycles. The SMILES string of the molecule is CCCn1ccnc1CNC(=O)[C@@H](C)CN1CCOCC1. The molecule has 2 rings (SSSR count). The van der Waals surface area contributed by atoms with Gasteiger partial charge in [0.05, 0.1) is 19.8 Å². The van der Waals surface area contributed by atoms with Crippen LogP contribution in [0.2, 0.25) is 0 Å². The first-order chi connectivity index (χ1) is 10.2. The molecule has 0 saturated carbocycles. The highest BCUT2D eigenvalue weighted by Gasteiger charge is 2.19. The molecule has 0 spiro atoms. The number of hydrogen-bond acceptors (Lipinski definition) is 4. The molecule has 1 fully saturated rings. The van der Waals surface area contributed by atoms with Crippen molar-refractivity contribution in [1.82, 2.24) is 19.8 Å². The quantitative estimate of drug-likeness (QED) is 0.811. The molecule has 6 heteroatoms. The van der Waals surface area contributed by atoms with Crippen LogP contribution in [-0.2, 0) is 22.6 Å². The first kappa shape index (κ1) is 16.0. The molecule has 6 nitrogen and oxygen atoms in total. The summed E-state index contributed by atoms with van der Waals surface area (Å²) in [6, 6.07) is 0. The lowest BCUT2D eigenvalue weighted by molar-refractivity contribution is -0.125. The molecule has 1 aromatic rings. The zero-order valence-electron chi connectivity index (χ0n) is 13.0. The van der Waals surface area contributed by atoms with Crippen LogP contribution in [0.3, 0.4) is 0 Å². The third kappa shape index (κ3) is 4.82. The van der Waals surface area contributed by atoms with Gasteiger partial charge in [-0.1, -0.05) is 13.8 Å². The second-order valence-electron chi connectivity index (χ2n) is 5.57. The summed E-state index contributed by atoms with van der Waals surface area (Å²) in [5, 5.41) is 2.99. The number of morpholine rings is 1. The van der Waals surface area contributed by atoms with Crippen molar-refractivity contribution in [2.24, 2.45) is 5.92 Å². The van der Waals surface area contributed by atoms with Crippen molar-refractivity contribution in [1.29, 1.82) is 0 Å². The Morgan fingerprint density at radius 1 is 1.48 bits per heavy atom. The van der Waals surface area contributed by atoms with E-state index >= 15 is 0 Å². The summed E-state index contributed by atoms with van der Waals surface area (Å²) in [5.74, 6) is 0.994. The van der Waals surface area contributed by atoms with E-state index in [1.54, 1.807) is 6.20 Å². The van der Waals surface area contributed by atoms with Crippen molar-refractivity contribution in [3.63, 3.8) is 0 Å². The van der Waals surface area contributed by atoms with E-state index in [2.05, 4.69) is 26.7 Å². The molecular formula is C15H26N4O2. The number of carbonyl (C=O) groups is 1. The Balaban J connectivity index is 1.76. The fourth-order valence-electron chi connectivity index (χ4n) is 2.55. The van der Waals surface area contributed by atoms with E-state index in [-0.39, 0.29) is 11.8 Å². The van der Waals surface area contributed by atoms with Gasteiger partial charge < -0.3 is 14.6 Å². The number of amides is 1. The van der Waals surface area contributed by atoms with E-state index in [0.29, 0.717) is 6.54 Å². The van der Waals surface area contributed by atoms with Crippen molar-refractivity contribution >= 4 is 5.91 Å². The molecule has 1 aromatic heterocycles. The maximum atomic E-state index is 12.2. The third-order valence-electron chi connectivity index (χ3n) is 3.77. The predicted octanol–water partition coefficient (Wildman–Crippen LogP) is 0.878. The molecule has 21 heavy (non-hydrogen) atoms. The lowest BCUT2D eigenvalue weighted by Gasteiger charge is -2.28. The molecular weight excluding hydrogens is 268 g/mol. The Hall–Kier alpha value is -1.40. The molecule has 0 aliphatic carbocycles. The first-order valence-electron chi connectivity index (χ1n) is 7.78. The van der Waals surface area contributed by atoms with Crippen LogP contribution in [0.15, 0.2) is 12.4 Å². The van der Waals surface area contributed by atoms with Crippen molar-refractivity contribution in [3.8, 4) is 0 Å². The zero-order valence-corrected chi connectivity index (χ0v) is 13.0. The number of ether oxygens (including phenoxy) is 1. The Morgan fingerprint density at radius 2 is 2.24 bits per heavy atom. The lowest BCUT2D eigenvalue weighted by Crippen LogP contribution is -2.42. The fraction of sp³-hybridized carbons (Fsp3) is 0.733. The van der Waals surface area contributed by atoms with Crippen molar-refractivity contribution < 1.29 is 9.53 Å². The van der Waals surface area contributed by atoms with Gasteiger partial charge in [-0.25, -0.2) is 4.98 Å². The number of rotatable bonds is 7. The molecule has 1 saturated heterocycles. The topological polar surface area (TPSA) is 59.4 Å². The fourth-order valence-corrected chi connectivity index (χ4v) is 2.55. The number of nitrogens with one attached hydrogen (secondary N) is 1. The van der Waals surface area contributed by atoms with Crippen molar-refractivity contribution in [3.05, 3.63) is 18.2 Å². The van der Waals surface area contributed by atoms with Gasteiger partial charge in [-0.15, -0.1) is 0 Å². The minimum Gasteiger partial charge on any atom is -0.379 e. The van der Waals surface area contributed by atoms with E-state index in [1.807, 2.05) is 13.1 Å². The van der Waals surface area contributed by atoms with Crippen LogP contribution in [0.25, 0.3) is 0 Å². The molecule has 0 aromatic carbocycles. The zero-order chi connectivity index (χ0) is 15.1. The second kappa shape index (κ2) is 8.14. The molecule has 1 atom stereocenters. The van der Waals surface area contributed by atoms with Crippen LogP contribution in [0, 0.1) is 5.92 Å². The van der Waals surface area contributed by atoms with Gasteiger partial charge in [0.15, 0.2) is 0 Å². The smallest absolute Gasteiger partial charge is 0.224 e. The van der Waals surface area contributed by atoms with Crippen LogP contribution in [0.4, 0.5) is 0 Å². The monoisotopic (exact) mass is 294 g/mol. The Morgan fingerprint density at radius 3 is 2.95 bits per heavy atom. The Bertz CT molecular complexity index is 441. The normalized spacial score (nSPS) is 17.6. The predicted molar refractivity (Wildman–Crippen MR) is 80.8 cm³/mol. The number of aryl methyl sites for hydroxylation is 1. The lowest BCUT2D eigenvalue weighted by atomic mass is 10.1. The van der Waals surface area contributed by atoms with Crippen LogP contribution in [0.1, 0.15) is 26.1 Å². The highest BCUT2D eigenvalue weighted by molar-refractivity contribution is 5.78. The van der Waals surface area contributed by atoms with E-state index in [1.165, 1.54) is 0 Å². The molecule has 1 N–H and O–H groups in total. The number of nitrogens with zero attached hydrogens (tertiary/aromatic N) is 3. The molecule has 1 aliphatic rings. The first-order valence-corrected chi connectivity index (χ1v) is 7.78. The van der Waals surface area contributed by atoms with Crippen LogP contribution in [0.5, 0.6) is 0 Å². The summed E-state index contributed by atoms with van der Waals surface area (Å²) >= 11 is 0. The minimum absolute atomic E-state index is 0.0160. The van der Waals surface area contributed by atoms with E-state index in [9.17, 15) is 4.79 Å².